The van der Waals surface area contributed by atoms with Crippen LogP contribution in [-0.2, 0) is 4.79 Å². The van der Waals surface area contributed by atoms with Crippen LogP contribution >= 0.6 is 0 Å². The van der Waals surface area contributed by atoms with Gasteiger partial charge in [-0.15, -0.1) is 12.3 Å². The number of carbonyl (C=O) groups excluding carboxylic acids is 1. The van der Waals surface area contributed by atoms with Gasteiger partial charge >= 0.3 is 5.97 Å². The standard InChI is InChI=1S/C20H24N4O3/c1-2-3-10-20(22-23-20)11-9-18(25)21-15-7-8-17(16(14-15)19(26)27)24-12-5-4-6-13-24/h1,7-8,14H,3-6,9-13H2,(H,21,25)(H,26,27). The van der Waals surface area contributed by atoms with E-state index >= 15 is 0 Å². The number of hydrogen-bond donors (Lipinski definition) is 2. The third-order valence-electron chi connectivity index (χ3n) is 5.01. The smallest absolute Gasteiger partial charge is 0.337 e. The first-order valence-corrected chi connectivity index (χ1v) is 9.33. The summed E-state index contributed by atoms with van der Waals surface area (Å²) in [6.45, 7) is 1.72. The lowest BCUT2D eigenvalue weighted by atomic mass is 10.0. The Labute approximate surface area is 158 Å². The van der Waals surface area contributed by atoms with E-state index in [0.29, 0.717) is 30.6 Å². The molecule has 1 aromatic rings. The molecule has 0 spiro atoms. The topological polar surface area (TPSA) is 94.4 Å². The molecule has 2 aliphatic rings. The fourth-order valence-corrected chi connectivity index (χ4v) is 3.40. The van der Waals surface area contributed by atoms with Crippen molar-refractivity contribution in [1.82, 2.24) is 0 Å². The lowest BCUT2D eigenvalue weighted by Gasteiger charge is -2.30. The molecule has 7 nitrogen and oxygen atoms in total. The van der Waals surface area contributed by atoms with Gasteiger partial charge in [0, 0.05) is 44.5 Å². The van der Waals surface area contributed by atoms with E-state index < -0.39 is 11.6 Å². The number of nitrogens with one attached hydrogen (secondary N) is 1. The highest BCUT2D eigenvalue weighted by molar-refractivity contribution is 5.98. The number of rotatable bonds is 8. The molecular weight excluding hydrogens is 344 g/mol. The molecule has 0 atom stereocenters. The van der Waals surface area contributed by atoms with E-state index in [-0.39, 0.29) is 17.9 Å². The average Bonchev–Trinajstić information content (AvgIpc) is 3.46. The van der Waals surface area contributed by atoms with Crippen molar-refractivity contribution in [2.75, 3.05) is 23.3 Å². The number of terminal acetylenes is 1. The van der Waals surface area contributed by atoms with Crippen molar-refractivity contribution < 1.29 is 14.7 Å². The van der Waals surface area contributed by atoms with E-state index in [0.717, 1.165) is 25.9 Å². The molecule has 0 unspecified atom stereocenters. The number of aromatic carboxylic acids is 1. The second-order valence-electron chi connectivity index (χ2n) is 7.02. The van der Waals surface area contributed by atoms with Crippen molar-refractivity contribution in [3.63, 3.8) is 0 Å². The molecule has 2 N–H and O–H groups in total. The van der Waals surface area contributed by atoms with Crippen LogP contribution in [0.3, 0.4) is 0 Å². The zero-order valence-corrected chi connectivity index (χ0v) is 15.3. The number of carboxylic acid groups (broad SMARTS) is 1. The summed E-state index contributed by atoms with van der Waals surface area (Å²) in [6.07, 6.45) is 10.6. The van der Waals surface area contributed by atoms with Gasteiger partial charge in [-0.05, 0) is 37.5 Å². The molecule has 0 radical (unpaired) electrons. The van der Waals surface area contributed by atoms with Crippen LogP contribution < -0.4 is 10.2 Å². The quantitative estimate of drug-likeness (QED) is 0.685. The van der Waals surface area contributed by atoms with Crippen molar-refractivity contribution in [3.8, 4) is 12.3 Å². The van der Waals surface area contributed by atoms with Crippen LogP contribution in [0.4, 0.5) is 11.4 Å². The summed E-state index contributed by atoms with van der Waals surface area (Å²) in [6, 6.07) is 5.07. The molecule has 0 aliphatic carbocycles. The zero-order chi connectivity index (χ0) is 19.3. The van der Waals surface area contributed by atoms with Crippen LogP contribution in [0, 0.1) is 12.3 Å². The van der Waals surface area contributed by atoms with Gasteiger partial charge in [-0.3, -0.25) is 4.79 Å². The summed E-state index contributed by atoms with van der Waals surface area (Å²) in [7, 11) is 0. The summed E-state index contributed by atoms with van der Waals surface area (Å²) in [4.78, 5) is 26.0. The fraction of sp³-hybridized carbons (Fsp3) is 0.500. The Kier molecular flexibility index (Phi) is 5.75. The van der Waals surface area contributed by atoms with E-state index in [2.05, 4.69) is 26.4 Å². The van der Waals surface area contributed by atoms with Crippen LogP contribution in [0.5, 0.6) is 0 Å². The molecule has 0 bridgehead atoms. The number of anilines is 2. The normalized spacial score (nSPS) is 17.2. The highest BCUT2D eigenvalue weighted by Crippen LogP contribution is 2.37. The lowest BCUT2D eigenvalue weighted by molar-refractivity contribution is -0.116. The fourth-order valence-electron chi connectivity index (χ4n) is 3.40. The molecule has 3 rings (SSSR count). The number of carboxylic acids is 1. The maximum Gasteiger partial charge on any atom is 0.337 e. The molecule has 1 aromatic carbocycles. The van der Waals surface area contributed by atoms with Gasteiger partial charge in [0.1, 0.15) is 0 Å². The van der Waals surface area contributed by atoms with E-state index in [1.165, 1.54) is 12.5 Å². The molecule has 27 heavy (non-hydrogen) atoms. The second-order valence-corrected chi connectivity index (χ2v) is 7.02. The van der Waals surface area contributed by atoms with Crippen molar-refractivity contribution >= 4 is 23.3 Å². The van der Waals surface area contributed by atoms with Crippen molar-refractivity contribution in [2.24, 2.45) is 10.2 Å². The summed E-state index contributed by atoms with van der Waals surface area (Å²) in [5, 5.41) is 20.4. The molecule has 7 heteroatoms. The highest BCUT2D eigenvalue weighted by Gasteiger charge is 2.39. The van der Waals surface area contributed by atoms with Gasteiger partial charge in [-0.2, -0.15) is 10.2 Å². The molecule has 2 heterocycles. The van der Waals surface area contributed by atoms with Crippen molar-refractivity contribution in [2.45, 2.75) is 50.6 Å². The monoisotopic (exact) mass is 368 g/mol. The van der Waals surface area contributed by atoms with E-state index in [4.69, 9.17) is 6.42 Å². The summed E-state index contributed by atoms with van der Waals surface area (Å²) < 4.78 is 0. The number of benzene rings is 1. The Bertz CT molecular complexity index is 785. The predicted octanol–water partition coefficient (Wildman–Crippen LogP) is 3.67. The predicted molar refractivity (Wildman–Crippen MR) is 103 cm³/mol. The second kappa shape index (κ2) is 8.21. The number of hydrogen-bond acceptors (Lipinski definition) is 5. The molecular formula is C20H24N4O3. The van der Waals surface area contributed by atoms with Gasteiger partial charge < -0.3 is 15.3 Å². The number of piperidine rings is 1. The average molecular weight is 368 g/mol. The maximum absolute atomic E-state index is 12.2. The zero-order valence-electron chi connectivity index (χ0n) is 15.3. The minimum atomic E-state index is -0.990. The van der Waals surface area contributed by atoms with Crippen LogP contribution in [-0.4, -0.2) is 35.7 Å². The van der Waals surface area contributed by atoms with Crippen molar-refractivity contribution in [1.29, 1.82) is 0 Å². The minimum absolute atomic E-state index is 0.186. The Balaban J connectivity index is 1.61. The first-order valence-electron chi connectivity index (χ1n) is 9.33. The SMILES string of the molecule is C#CCCC1(CCC(=O)Nc2ccc(N3CCCCC3)c(C(=O)O)c2)N=N1. The van der Waals surface area contributed by atoms with Gasteiger partial charge in [0.15, 0.2) is 5.66 Å². The highest BCUT2D eigenvalue weighted by atomic mass is 16.4. The molecule has 1 fully saturated rings. The van der Waals surface area contributed by atoms with Crippen LogP contribution in [0.25, 0.3) is 0 Å². The number of amides is 1. The first kappa shape index (κ1) is 18.9. The molecule has 0 aromatic heterocycles. The molecule has 142 valence electrons. The van der Waals surface area contributed by atoms with Crippen LogP contribution in [0.1, 0.15) is 55.3 Å². The van der Waals surface area contributed by atoms with Gasteiger partial charge in [0.25, 0.3) is 0 Å². The van der Waals surface area contributed by atoms with Crippen molar-refractivity contribution in [3.05, 3.63) is 23.8 Å². The maximum atomic E-state index is 12.2. The summed E-state index contributed by atoms with van der Waals surface area (Å²) >= 11 is 0. The molecule has 0 saturated carbocycles. The van der Waals surface area contributed by atoms with Gasteiger partial charge in [0.05, 0.1) is 11.3 Å². The molecule has 1 amide bonds. The first-order chi connectivity index (χ1) is 13.0. The summed E-state index contributed by atoms with van der Waals surface area (Å²) in [5.41, 5.74) is 0.922. The Hall–Kier alpha value is -2.88. The molecule has 2 aliphatic heterocycles. The Morgan fingerprint density at radius 1 is 1.22 bits per heavy atom. The third-order valence-corrected chi connectivity index (χ3v) is 5.01. The number of nitrogens with zero attached hydrogens (tertiary/aromatic N) is 3. The molecule has 1 saturated heterocycles. The summed E-state index contributed by atoms with van der Waals surface area (Å²) in [5.74, 6) is 1.38. The van der Waals surface area contributed by atoms with Gasteiger partial charge in [-0.25, -0.2) is 4.79 Å². The van der Waals surface area contributed by atoms with E-state index in [9.17, 15) is 14.7 Å². The van der Waals surface area contributed by atoms with E-state index in [1.54, 1.807) is 12.1 Å². The lowest BCUT2D eigenvalue weighted by Crippen LogP contribution is -2.30. The minimum Gasteiger partial charge on any atom is -0.478 e. The van der Waals surface area contributed by atoms with Gasteiger partial charge in [0.2, 0.25) is 5.91 Å². The van der Waals surface area contributed by atoms with Crippen LogP contribution in [0.2, 0.25) is 0 Å². The van der Waals surface area contributed by atoms with Gasteiger partial charge in [-0.1, -0.05) is 0 Å². The van der Waals surface area contributed by atoms with Crippen LogP contribution in [0.15, 0.2) is 28.4 Å². The largest absolute Gasteiger partial charge is 0.478 e. The Morgan fingerprint density at radius 3 is 2.59 bits per heavy atom. The number of carbonyl (C=O) groups is 2. The Morgan fingerprint density at radius 2 is 1.96 bits per heavy atom. The third kappa shape index (κ3) is 4.85. The van der Waals surface area contributed by atoms with E-state index in [1.807, 2.05) is 0 Å².